The monoisotopic (exact) mass is 389 g/mol. The summed E-state index contributed by atoms with van der Waals surface area (Å²) in [6.07, 6.45) is 3.50. The van der Waals surface area contributed by atoms with E-state index in [9.17, 15) is 9.59 Å². The van der Waals surface area contributed by atoms with Gasteiger partial charge in [-0.05, 0) is 75.9 Å². The molecule has 2 aliphatic rings. The molecule has 0 spiro atoms. The zero-order chi connectivity index (χ0) is 19.4. The van der Waals surface area contributed by atoms with Gasteiger partial charge in [0, 0.05) is 24.0 Å². The van der Waals surface area contributed by atoms with Gasteiger partial charge >= 0.3 is 11.8 Å². The number of carbonyl (C=O) groups excluding carboxylic acids is 2. The molecule has 2 saturated heterocycles. The highest BCUT2D eigenvalue weighted by Gasteiger charge is 2.28. The summed E-state index contributed by atoms with van der Waals surface area (Å²) in [7, 11) is 0. The number of hydrogen-bond donors (Lipinski definition) is 2. The lowest BCUT2D eigenvalue weighted by Crippen LogP contribution is -2.45. The lowest BCUT2D eigenvalue weighted by atomic mass is 9.95. The first-order chi connectivity index (χ1) is 12.9. The van der Waals surface area contributed by atoms with Crippen molar-refractivity contribution in [3.63, 3.8) is 0 Å². The lowest BCUT2D eigenvalue weighted by Gasteiger charge is -2.35. The molecule has 1 aromatic rings. The fourth-order valence-corrected chi connectivity index (χ4v) is 5.45. The SMILES string of the molecule is Cc1cc(C)c(NC(=O)C(=O)NCC2CCN(C3CCSC3)CC2)c(C)c1. The summed E-state index contributed by atoms with van der Waals surface area (Å²) >= 11 is 2.05. The molecular weight excluding hydrogens is 358 g/mol. The quantitative estimate of drug-likeness (QED) is 0.778. The number of benzene rings is 1. The van der Waals surface area contributed by atoms with E-state index in [0.717, 1.165) is 54.4 Å². The van der Waals surface area contributed by atoms with Crippen LogP contribution in [0.2, 0.25) is 0 Å². The average Bonchev–Trinajstić information content (AvgIpc) is 3.17. The highest BCUT2D eigenvalue weighted by molar-refractivity contribution is 7.99. The predicted molar refractivity (Wildman–Crippen MR) is 112 cm³/mol. The fraction of sp³-hybridized carbons (Fsp3) is 0.619. The summed E-state index contributed by atoms with van der Waals surface area (Å²) in [5.74, 6) is 1.90. The van der Waals surface area contributed by atoms with Crippen LogP contribution in [-0.2, 0) is 9.59 Å². The van der Waals surface area contributed by atoms with Crippen molar-refractivity contribution in [1.82, 2.24) is 10.2 Å². The molecule has 2 fully saturated rings. The Morgan fingerprint density at radius 2 is 1.74 bits per heavy atom. The second-order valence-electron chi connectivity index (χ2n) is 7.93. The van der Waals surface area contributed by atoms with Crippen molar-refractivity contribution >= 4 is 29.3 Å². The Balaban J connectivity index is 1.43. The van der Waals surface area contributed by atoms with Gasteiger partial charge in [0.15, 0.2) is 0 Å². The van der Waals surface area contributed by atoms with E-state index in [0.29, 0.717) is 12.5 Å². The Hall–Kier alpha value is -1.53. The number of likely N-dealkylation sites (tertiary alicyclic amines) is 1. The number of piperidine rings is 1. The largest absolute Gasteiger partial charge is 0.348 e. The van der Waals surface area contributed by atoms with Crippen molar-refractivity contribution in [2.75, 3.05) is 36.5 Å². The van der Waals surface area contributed by atoms with E-state index in [1.165, 1.54) is 17.9 Å². The topological polar surface area (TPSA) is 61.4 Å². The Bertz CT molecular complexity index is 670. The molecule has 1 aromatic carbocycles. The van der Waals surface area contributed by atoms with Crippen LogP contribution in [0.1, 0.15) is 36.0 Å². The molecule has 0 radical (unpaired) electrons. The Labute approximate surface area is 166 Å². The van der Waals surface area contributed by atoms with E-state index in [1.54, 1.807) is 0 Å². The van der Waals surface area contributed by atoms with Crippen LogP contribution in [0.25, 0.3) is 0 Å². The smallest absolute Gasteiger partial charge is 0.313 e. The van der Waals surface area contributed by atoms with E-state index in [4.69, 9.17) is 0 Å². The first kappa shape index (κ1) is 20.2. The number of carbonyl (C=O) groups is 2. The number of hydrogen-bond acceptors (Lipinski definition) is 4. The van der Waals surface area contributed by atoms with Crippen LogP contribution >= 0.6 is 11.8 Å². The zero-order valence-corrected chi connectivity index (χ0v) is 17.5. The first-order valence-electron chi connectivity index (χ1n) is 9.93. The fourth-order valence-electron chi connectivity index (χ4n) is 4.20. The van der Waals surface area contributed by atoms with Crippen LogP contribution in [0.5, 0.6) is 0 Å². The van der Waals surface area contributed by atoms with Gasteiger partial charge in [0.1, 0.15) is 0 Å². The molecule has 1 atom stereocenters. The number of aryl methyl sites for hydroxylation is 3. The number of nitrogens with zero attached hydrogens (tertiary/aromatic N) is 1. The van der Waals surface area contributed by atoms with Crippen molar-refractivity contribution < 1.29 is 9.59 Å². The molecule has 0 bridgehead atoms. The summed E-state index contributed by atoms with van der Waals surface area (Å²) in [5, 5.41) is 5.61. The minimum absolute atomic E-state index is 0.468. The van der Waals surface area contributed by atoms with Crippen molar-refractivity contribution in [3.05, 3.63) is 28.8 Å². The highest BCUT2D eigenvalue weighted by Crippen LogP contribution is 2.26. The van der Waals surface area contributed by atoms with Crippen molar-refractivity contribution in [3.8, 4) is 0 Å². The molecule has 2 heterocycles. The number of amides is 2. The average molecular weight is 390 g/mol. The number of anilines is 1. The maximum Gasteiger partial charge on any atom is 0.313 e. The van der Waals surface area contributed by atoms with Gasteiger partial charge in [-0.25, -0.2) is 0 Å². The third-order valence-corrected chi connectivity index (χ3v) is 6.89. The molecule has 3 rings (SSSR count). The molecule has 0 aliphatic carbocycles. The third-order valence-electron chi connectivity index (χ3n) is 5.74. The molecule has 1 unspecified atom stereocenters. The van der Waals surface area contributed by atoms with Gasteiger partial charge in [-0.1, -0.05) is 17.7 Å². The molecule has 2 N–H and O–H groups in total. The third kappa shape index (κ3) is 5.26. The van der Waals surface area contributed by atoms with Gasteiger partial charge in [0.2, 0.25) is 0 Å². The highest BCUT2D eigenvalue weighted by atomic mass is 32.2. The predicted octanol–water partition coefficient (Wildman–Crippen LogP) is 2.88. The molecule has 148 valence electrons. The lowest BCUT2D eigenvalue weighted by molar-refractivity contribution is -0.136. The van der Waals surface area contributed by atoms with Gasteiger partial charge in [-0.2, -0.15) is 11.8 Å². The number of nitrogens with one attached hydrogen (secondary N) is 2. The van der Waals surface area contributed by atoms with Crippen LogP contribution in [0.4, 0.5) is 5.69 Å². The van der Waals surface area contributed by atoms with E-state index in [2.05, 4.69) is 27.3 Å². The van der Waals surface area contributed by atoms with Crippen LogP contribution in [-0.4, -0.2) is 53.9 Å². The summed E-state index contributed by atoms with van der Waals surface area (Å²) in [4.78, 5) is 27.1. The molecular formula is C21H31N3O2S. The van der Waals surface area contributed by atoms with Gasteiger partial charge in [0.05, 0.1) is 0 Å². The maximum atomic E-state index is 12.3. The van der Waals surface area contributed by atoms with Gasteiger partial charge in [-0.3, -0.25) is 14.5 Å². The normalized spacial score (nSPS) is 21.2. The second kappa shape index (κ2) is 9.11. The summed E-state index contributed by atoms with van der Waals surface area (Å²) in [6.45, 7) is 8.73. The van der Waals surface area contributed by atoms with E-state index in [1.807, 2.05) is 32.9 Å². The van der Waals surface area contributed by atoms with Gasteiger partial charge < -0.3 is 10.6 Å². The van der Waals surface area contributed by atoms with Crippen molar-refractivity contribution in [2.45, 2.75) is 46.1 Å². The second-order valence-corrected chi connectivity index (χ2v) is 9.08. The molecule has 2 aliphatic heterocycles. The molecule has 0 aromatic heterocycles. The Kier molecular flexibility index (Phi) is 6.82. The number of thioether (sulfide) groups is 1. The summed E-state index contributed by atoms with van der Waals surface area (Å²) in [5.41, 5.74) is 3.84. The molecule has 0 saturated carbocycles. The van der Waals surface area contributed by atoms with Crippen LogP contribution < -0.4 is 10.6 Å². The molecule has 5 nitrogen and oxygen atoms in total. The standard InChI is InChI=1S/C21H31N3O2S/c1-14-10-15(2)19(16(3)11-14)23-21(26)20(25)22-12-17-4-7-24(8-5-17)18-6-9-27-13-18/h10-11,17-18H,4-9,12-13H2,1-3H3,(H,22,25)(H,23,26). The minimum atomic E-state index is -0.578. The van der Waals surface area contributed by atoms with Crippen LogP contribution in [0.3, 0.4) is 0 Å². The van der Waals surface area contributed by atoms with E-state index < -0.39 is 11.8 Å². The molecule has 2 amide bonds. The summed E-state index contributed by atoms with van der Waals surface area (Å²) in [6, 6.07) is 4.77. The Morgan fingerprint density at radius 1 is 1.07 bits per heavy atom. The van der Waals surface area contributed by atoms with Gasteiger partial charge in [-0.15, -0.1) is 0 Å². The van der Waals surface area contributed by atoms with Crippen LogP contribution in [0, 0.1) is 26.7 Å². The van der Waals surface area contributed by atoms with E-state index in [-0.39, 0.29) is 0 Å². The first-order valence-corrected chi connectivity index (χ1v) is 11.1. The number of rotatable bonds is 4. The summed E-state index contributed by atoms with van der Waals surface area (Å²) < 4.78 is 0. The van der Waals surface area contributed by atoms with Crippen molar-refractivity contribution in [1.29, 1.82) is 0 Å². The Morgan fingerprint density at radius 3 is 2.33 bits per heavy atom. The zero-order valence-electron chi connectivity index (χ0n) is 16.6. The van der Waals surface area contributed by atoms with Gasteiger partial charge in [0.25, 0.3) is 0 Å². The molecule has 27 heavy (non-hydrogen) atoms. The minimum Gasteiger partial charge on any atom is -0.348 e. The van der Waals surface area contributed by atoms with Crippen molar-refractivity contribution in [2.24, 2.45) is 5.92 Å². The maximum absolute atomic E-state index is 12.3. The molecule has 6 heteroatoms. The van der Waals surface area contributed by atoms with Crippen LogP contribution in [0.15, 0.2) is 12.1 Å². The van der Waals surface area contributed by atoms with E-state index >= 15 is 0 Å².